The van der Waals surface area contributed by atoms with E-state index < -0.39 is 102 Å². The SMILES string of the molecule is CC(C)(COP(=O)([O-])OP(=O)([O-])OCC1OC(n2cnc3c(N)ncnc32)C(O)C1OP(=O)([O-])O)C(O)C(=O)NCCC(=O)NCCSC(=O)CC(=O)O.[Na+]. The number of carbonyl (C=O) groups is 4. The summed E-state index contributed by atoms with van der Waals surface area (Å²) in [5, 5.41) is 33.9. The van der Waals surface area contributed by atoms with Gasteiger partial charge in [-0.25, -0.2) is 19.3 Å². The molecule has 0 bridgehead atoms. The number of aromatic nitrogens is 4. The maximum absolute atomic E-state index is 12.5. The fourth-order valence-electron chi connectivity index (χ4n) is 4.45. The predicted molar refractivity (Wildman–Crippen MR) is 173 cm³/mol. The summed E-state index contributed by atoms with van der Waals surface area (Å²) in [5.41, 5.74) is 4.04. The number of nitrogens with two attached hydrogens (primary N) is 1. The predicted octanol–water partition coefficient (Wildman–Crippen LogP) is -6.75. The van der Waals surface area contributed by atoms with Gasteiger partial charge in [-0.2, -0.15) is 0 Å². The summed E-state index contributed by atoms with van der Waals surface area (Å²) in [7, 11) is -17.4. The normalized spacial score (nSPS) is 22.4. The number of amides is 2. The van der Waals surface area contributed by atoms with E-state index in [0.29, 0.717) is 11.8 Å². The first-order chi connectivity index (χ1) is 24.9. The monoisotopic (exact) mass is 873 g/mol. The van der Waals surface area contributed by atoms with Crippen LogP contribution in [0.25, 0.3) is 11.2 Å². The summed E-state index contributed by atoms with van der Waals surface area (Å²) >= 11 is 0.708. The van der Waals surface area contributed by atoms with Gasteiger partial charge < -0.3 is 69.6 Å². The smallest absolute Gasteiger partial charge is 0.756 e. The van der Waals surface area contributed by atoms with Gasteiger partial charge in [-0.05, 0) is 0 Å². The van der Waals surface area contributed by atoms with E-state index in [0.717, 1.165) is 17.2 Å². The maximum Gasteiger partial charge on any atom is 1.00 e. The van der Waals surface area contributed by atoms with Crippen molar-refractivity contribution in [1.82, 2.24) is 30.2 Å². The average Bonchev–Trinajstić information content (AvgIpc) is 3.60. The van der Waals surface area contributed by atoms with Gasteiger partial charge in [-0.1, -0.05) is 25.6 Å². The number of imidazole rings is 1. The molecule has 1 aliphatic heterocycles. The second kappa shape index (κ2) is 20.6. The molecule has 304 valence electrons. The van der Waals surface area contributed by atoms with Gasteiger partial charge in [-0.15, -0.1) is 0 Å². The molecule has 3 rings (SSSR count). The third kappa shape index (κ3) is 15.4. The second-order valence-electron chi connectivity index (χ2n) is 11.8. The van der Waals surface area contributed by atoms with Crippen molar-refractivity contribution in [2.24, 2.45) is 5.41 Å². The molecule has 0 saturated carbocycles. The third-order valence-electron chi connectivity index (χ3n) is 7.04. The van der Waals surface area contributed by atoms with Crippen molar-refractivity contribution in [3.63, 3.8) is 0 Å². The number of aliphatic hydroxyl groups excluding tert-OH is 2. The van der Waals surface area contributed by atoms with Gasteiger partial charge in [0, 0.05) is 30.7 Å². The fourth-order valence-corrected chi connectivity index (χ4v) is 7.85. The number of nitrogens with one attached hydrogen (secondary N) is 2. The number of nitrogens with zero attached hydrogens (tertiary/aromatic N) is 4. The Balaban J connectivity index is 0.0000105. The Labute approximate surface area is 337 Å². The number of thioether (sulfide) groups is 1. The molecule has 26 nitrogen and oxygen atoms in total. The number of fused-ring (bicyclic) bond motifs is 1. The van der Waals surface area contributed by atoms with Crippen LogP contribution < -0.4 is 60.6 Å². The molecule has 2 aromatic rings. The Morgan fingerprint density at radius 1 is 1.09 bits per heavy atom. The van der Waals surface area contributed by atoms with Gasteiger partial charge in [-0.3, -0.25) is 37.4 Å². The molecule has 2 amide bonds. The van der Waals surface area contributed by atoms with E-state index in [2.05, 4.69) is 43.5 Å². The first-order valence-electron chi connectivity index (χ1n) is 15.1. The summed E-state index contributed by atoms with van der Waals surface area (Å²) in [6.07, 6.45) is -8.26. The van der Waals surface area contributed by atoms with E-state index in [1.54, 1.807) is 0 Å². The molecule has 0 spiro atoms. The van der Waals surface area contributed by atoms with Gasteiger partial charge >= 0.3 is 35.5 Å². The number of nitrogen functional groups attached to an aromatic ring is 1. The number of carbonyl (C=O) groups excluding carboxylic acids is 3. The molecule has 0 aromatic carbocycles. The molecule has 8 N–H and O–H groups in total. The second-order valence-corrected chi connectivity index (χ2v) is 17.1. The molecule has 55 heavy (non-hydrogen) atoms. The molecule has 8 atom stereocenters. The number of rotatable bonds is 21. The molecule has 3 heterocycles. The van der Waals surface area contributed by atoms with Gasteiger partial charge in [0.1, 0.15) is 42.7 Å². The summed E-state index contributed by atoms with van der Waals surface area (Å²) < 4.78 is 60.5. The summed E-state index contributed by atoms with van der Waals surface area (Å²) in [6, 6.07) is 0. The quantitative estimate of drug-likeness (QED) is 0.0265. The van der Waals surface area contributed by atoms with Crippen molar-refractivity contribution >= 4 is 75.1 Å². The Morgan fingerprint density at radius 3 is 2.38 bits per heavy atom. The molecule has 2 aromatic heterocycles. The largest absolute Gasteiger partial charge is 1.00 e. The van der Waals surface area contributed by atoms with E-state index in [1.807, 2.05) is 0 Å². The number of anilines is 1. The zero-order chi connectivity index (χ0) is 40.6. The number of hydrogen-bond acceptors (Lipinski definition) is 22. The van der Waals surface area contributed by atoms with Gasteiger partial charge in [0.2, 0.25) is 11.8 Å². The van der Waals surface area contributed by atoms with Gasteiger partial charge in [0.05, 0.1) is 19.5 Å². The summed E-state index contributed by atoms with van der Waals surface area (Å²) in [6.45, 7) is -0.217. The number of carboxylic acids is 1. The number of hydrogen-bond donors (Lipinski definition) is 7. The van der Waals surface area contributed by atoms with Crippen LogP contribution in [0.3, 0.4) is 0 Å². The molecule has 1 saturated heterocycles. The van der Waals surface area contributed by atoms with Crippen LogP contribution in [0.2, 0.25) is 0 Å². The molecular formula is C24H35N7NaO19P3S-2. The zero-order valence-electron chi connectivity index (χ0n) is 29.0. The fraction of sp³-hybridized carbons (Fsp3) is 0.625. The Kier molecular flexibility index (Phi) is 18.5. The van der Waals surface area contributed by atoms with Crippen LogP contribution in [0.4, 0.5) is 5.82 Å². The van der Waals surface area contributed by atoms with E-state index in [4.69, 9.17) is 15.6 Å². The molecule has 1 fully saturated rings. The standard InChI is InChI=1S/C24H38N7O19P3S.Na/c1-24(2,19(37)22(38)27-4-3-13(32)26-5-6-54-15(35)7-14(33)34)9-47-53(44,45)50-52(42,43)46-8-12-18(49-51(39,40)41)17(36)23(48-12)31-11-30-16-20(25)28-10-29-21(16)31;/h10-12,17-19,23,36-37H,3-9H2,1-2H3,(H,26,32)(H,27,38)(H,33,34)(H,42,43)(H,44,45)(H2,25,28,29)(H2,39,40,41);/q;+1/p-3. The minimum absolute atomic E-state index is 0. The van der Waals surface area contributed by atoms with Crippen molar-refractivity contribution in [3.05, 3.63) is 12.7 Å². The van der Waals surface area contributed by atoms with Crippen molar-refractivity contribution in [1.29, 1.82) is 0 Å². The average molecular weight is 874 g/mol. The van der Waals surface area contributed by atoms with Crippen LogP contribution in [0.1, 0.15) is 32.9 Å². The first-order valence-corrected chi connectivity index (χ1v) is 20.5. The Hall–Kier alpha value is -1.97. The number of phosphoric acid groups is 3. The molecule has 31 heteroatoms. The van der Waals surface area contributed by atoms with E-state index in [-0.39, 0.29) is 71.8 Å². The van der Waals surface area contributed by atoms with E-state index in [1.165, 1.54) is 13.8 Å². The van der Waals surface area contributed by atoms with Crippen molar-refractivity contribution in [3.8, 4) is 0 Å². The maximum atomic E-state index is 12.5. The van der Waals surface area contributed by atoms with Crippen LogP contribution >= 0.6 is 35.2 Å². The number of phosphoric ester groups is 3. The van der Waals surface area contributed by atoms with Crippen LogP contribution in [-0.2, 0) is 55.5 Å². The minimum atomic E-state index is -5.91. The van der Waals surface area contributed by atoms with E-state index >= 15 is 0 Å². The van der Waals surface area contributed by atoms with Crippen LogP contribution in [0, 0.1) is 5.41 Å². The van der Waals surface area contributed by atoms with Crippen molar-refractivity contribution in [2.75, 3.05) is 37.8 Å². The number of ether oxygens (including phenoxy) is 1. The summed E-state index contributed by atoms with van der Waals surface area (Å²) in [4.78, 5) is 103. The van der Waals surface area contributed by atoms with Gasteiger partial charge in [0.25, 0.3) is 23.5 Å². The minimum Gasteiger partial charge on any atom is -0.756 e. The zero-order valence-corrected chi connectivity index (χ0v) is 34.5. The molecule has 1 aliphatic rings. The number of carboxylic acid groups (broad SMARTS) is 1. The third-order valence-corrected chi connectivity index (χ3v) is 10.9. The van der Waals surface area contributed by atoms with Crippen LogP contribution in [-0.4, -0.2) is 119 Å². The first kappa shape index (κ1) is 49.2. The molecule has 0 aliphatic carbocycles. The topological polar surface area (TPSA) is 409 Å². The Bertz CT molecular complexity index is 1840. The van der Waals surface area contributed by atoms with Gasteiger partial charge in [0.15, 0.2) is 22.8 Å². The van der Waals surface area contributed by atoms with Crippen molar-refractivity contribution < 1.29 is 120 Å². The molecule has 0 radical (unpaired) electrons. The Morgan fingerprint density at radius 2 is 1.75 bits per heavy atom. The van der Waals surface area contributed by atoms with Crippen LogP contribution in [0.5, 0.6) is 0 Å². The van der Waals surface area contributed by atoms with Crippen molar-refractivity contribution in [2.45, 2.75) is 57.3 Å². The molecular weight excluding hydrogens is 838 g/mol. The van der Waals surface area contributed by atoms with E-state index in [9.17, 15) is 62.7 Å². The number of aliphatic carboxylic acids is 1. The molecule has 8 unspecified atom stereocenters. The van der Waals surface area contributed by atoms with Crippen LogP contribution in [0.15, 0.2) is 12.7 Å². The summed E-state index contributed by atoms with van der Waals surface area (Å²) in [5.74, 6) is -2.89. The number of aliphatic hydroxyl groups is 2.